The molecule has 0 radical (unpaired) electrons. The Labute approximate surface area is 168 Å². The predicted molar refractivity (Wildman–Crippen MR) is 106 cm³/mol. The average Bonchev–Trinajstić information content (AvgIpc) is 2.71. The van der Waals surface area contributed by atoms with Crippen LogP contribution in [0, 0.1) is 11.7 Å². The summed E-state index contributed by atoms with van der Waals surface area (Å²) in [4.78, 5) is 26.1. The Balaban J connectivity index is 1.52. The molecule has 7 heteroatoms. The van der Waals surface area contributed by atoms with Gasteiger partial charge in [0.2, 0.25) is 5.91 Å². The molecule has 5 nitrogen and oxygen atoms in total. The zero-order valence-corrected chi connectivity index (χ0v) is 16.3. The first-order chi connectivity index (χ1) is 13.5. The lowest BCUT2D eigenvalue weighted by Gasteiger charge is -2.31. The predicted octanol–water partition coefficient (Wildman–Crippen LogP) is 4.12. The first-order valence-electron chi connectivity index (χ1n) is 9.12. The zero-order chi connectivity index (χ0) is 20.1. The highest BCUT2D eigenvalue weighted by Crippen LogP contribution is 2.25. The van der Waals surface area contributed by atoms with Gasteiger partial charge in [0, 0.05) is 28.7 Å². The van der Waals surface area contributed by atoms with Crippen LogP contribution in [0.3, 0.4) is 0 Å². The van der Waals surface area contributed by atoms with Crippen molar-refractivity contribution in [1.29, 1.82) is 0 Å². The van der Waals surface area contributed by atoms with Crippen LogP contribution in [-0.2, 0) is 16.1 Å². The normalized spacial score (nSPS) is 15.2. The number of halogens is 2. The summed E-state index contributed by atoms with van der Waals surface area (Å²) in [6, 6.07) is 11.3. The van der Waals surface area contributed by atoms with Gasteiger partial charge in [-0.05, 0) is 62.3 Å². The van der Waals surface area contributed by atoms with Crippen molar-refractivity contribution in [2.75, 3.05) is 25.5 Å². The number of piperidine rings is 1. The largest absolute Gasteiger partial charge is 0.465 e. The van der Waals surface area contributed by atoms with Gasteiger partial charge in [0.15, 0.2) is 0 Å². The van der Waals surface area contributed by atoms with Crippen molar-refractivity contribution in [3.63, 3.8) is 0 Å². The molecule has 0 aromatic heterocycles. The third-order valence-corrected chi connectivity index (χ3v) is 5.33. The van der Waals surface area contributed by atoms with Crippen molar-refractivity contribution in [2.45, 2.75) is 19.4 Å². The van der Waals surface area contributed by atoms with Crippen LogP contribution in [0.5, 0.6) is 0 Å². The van der Waals surface area contributed by atoms with Crippen LogP contribution in [0.4, 0.5) is 10.1 Å². The summed E-state index contributed by atoms with van der Waals surface area (Å²) < 4.78 is 18.6. The Hall–Kier alpha value is -2.44. The third kappa shape index (κ3) is 4.88. The number of ether oxygens (including phenoxy) is 1. The molecule has 0 unspecified atom stereocenters. The molecule has 1 fully saturated rings. The second-order valence-corrected chi connectivity index (χ2v) is 7.22. The summed E-state index contributed by atoms with van der Waals surface area (Å²) in [6.07, 6.45) is 1.39. The number of hydrogen-bond donors (Lipinski definition) is 1. The van der Waals surface area contributed by atoms with Crippen LogP contribution in [0.2, 0.25) is 5.02 Å². The van der Waals surface area contributed by atoms with Crippen molar-refractivity contribution in [3.8, 4) is 0 Å². The van der Waals surface area contributed by atoms with Crippen LogP contribution >= 0.6 is 11.6 Å². The van der Waals surface area contributed by atoms with Crippen LogP contribution < -0.4 is 5.32 Å². The number of likely N-dealkylation sites (tertiary alicyclic amines) is 1. The second-order valence-electron chi connectivity index (χ2n) is 6.81. The topological polar surface area (TPSA) is 58.6 Å². The number of benzene rings is 2. The molecule has 3 rings (SSSR count). The summed E-state index contributed by atoms with van der Waals surface area (Å²) in [7, 11) is 1.32. The number of carbonyl (C=O) groups is 2. The molecule has 0 spiro atoms. The Morgan fingerprint density at radius 2 is 1.86 bits per heavy atom. The summed E-state index contributed by atoms with van der Waals surface area (Å²) in [5, 5.41) is 3.31. The monoisotopic (exact) mass is 404 g/mol. The number of methoxy groups -OCH3 is 1. The van der Waals surface area contributed by atoms with Gasteiger partial charge in [0.05, 0.1) is 12.7 Å². The van der Waals surface area contributed by atoms with Crippen molar-refractivity contribution in [3.05, 3.63) is 64.4 Å². The molecular weight excluding hydrogens is 383 g/mol. The van der Waals surface area contributed by atoms with Crippen LogP contribution in [0.25, 0.3) is 0 Å². The zero-order valence-electron chi connectivity index (χ0n) is 15.6. The molecule has 0 saturated carbocycles. The van der Waals surface area contributed by atoms with Crippen molar-refractivity contribution in [2.24, 2.45) is 5.92 Å². The number of esters is 1. The van der Waals surface area contributed by atoms with E-state index in [1.165, 1.54) is 13.2 Å². The maximum atomic E-state index is 13.9. The van der Waals surface area contributed by atoms with E-state index in [9.17, 15) is 14.0 Å². The molecule has 1 aliphatic heterocycles. The highest BCUT2D eigenvalue weighted by molar-refractivity contribution is 6.31. The van der Waals surface area contributed by atoms with E-state index in [2.05, 4.69) is 15.0 Å². The van der Waals surface area contributed by atoms with E-state index < -0.39 is 5.97 Å². The van der Waals surface area contributed by atoms with Crippen LogP contribution in [0.1, 0.15) is 28.8 Å². The Kier molecular flexibility index (Phi) is 6.65. The lowest BCUT2D eigenvalue weighted by atomic mass is 9.95. The molecular formula is C21H22ClFN2O3. The fourth-order valence-corrected chi connectivity index (χ4v) is 3.53. The number of carbonyl (C=O) groups excluding carboxylic acids is 2. The molecule has 148 valence electrons. The summed E-state index contributed by atoms with van der Waals surface area (Å²) in [5.41, 5.74) is 1.57. The smallest absolute Gasteiger partial charge is 0.337 e. The highest BCUT2D eigenvalue weighted by Gasteiger charge is 2.26. The molecule has 1 N–H and O–H groups in total. The van der Waals surface area contributed by atoms with Gasteiger partial charge in [-0.1, -0.05) is 17.7 Å². The summed E-state index contributed by atoms with van der Waals surface area (Å²) >= 11 is 6.10. The van der Waals surface area contributed by atoms with Crippen LogP contribution in [-0.4, -0.2) is 37.0 Å². The lowest BCUT2D eigenvalue weighted by Crippen LogP contribution is -2.38. The first kappa shape index (κ1) is 20.3. The van der Waals surface area contributed by atoms with Gasteiger partial charge in [-0.3, -0.25) is 9.69 Å². The minimum Gasteiger partial charge on any atom is -0.465 e. The van der Waals surface area contributed by atoms with E-state index in [-0.39, 0.29) is 17.6 Å². The Morgan fingerprint density at radius 3 is 2.46 bits per heavy atom. The van der Waals surface area contributed by atoms with Gasteiger partial charge >= 0.3 is 5.97 Å². The molecule has 0 atom stereocenters. The highest BCUT2D eigenvalue weighted by atomic mass is 35.5. The standard InChI is InChI=1S/C21H22ClFN2O3/c1-28-21(27)15-5-7-16(8-6-15)24-20(26)14-9-11-25(12-10-14)13-17-18(22)3-2-4-19(17)23/h2-8,14H,9-13H2,1H3,(H,24,26). The van der Waals surface area contributed by atoms with E-state index in [4.69, 9.17) is 11.6 Å². The molecule has 1 amide bonds. The first-order valence-corrected chi connectivity index (χ1v) is 9.50. The van der Waals surface area contributed by atoms with Crippen molar-refractivity contribution in [1.82, 2.24) is 4.90 Å². The van der Waals surface area contributed by atoms with Gasteiger partial charge in [0.1, 0.15) is 5.82 Å². The van der Waals surface area contributed by atoms with E-state index in [1.54, 1.807) is 36.4 Å². The maximum absolute atomic E-state index is 13.9. The molecule has 1 saturated heterocycles. The number of rotatable bonds is 5. The number of nitrogens with one attached hydrogen (secondary N) is 1. The molecule has 2 aromatic rings. The molecule has 1 heterocycles. The lowest BCUT2D eigenvalue weighted by molar-refractivity contribution is -0.121. The molecule has 28 heavy (non-hydrogen) atoms. The quantitative estimate of drug-likeness (QED) is 0.762. The SMILES string of the molecule is COC(=O)c1ccc(NC(=O)C2CCN(Cc3c(F)cccc3Cl)CC2)cc1. The summed E-state index contributed by atoms with van der Waals surface area (Å²) in [5.74, 6) is -0.870. The van der Waals surface area contributed by atoms with Gasteiger partial charge in [-0.2, -0.15) is 0 Å². The second kappa shape index (κ2) is 9.17. The average molecular weight is 405 g/mol. The number of nitrogens with zero attached hydrogens (tertiary/aromatic N) is 1. The fraction of sp³-hybridized carbons (Fsp3) is 0.333. The fourth-order valence-electron chi connectivity index (χ4n) is 3.31. The minimum atomic E-state index is -0.416. The number of hydrogen-bond acceptors (Lipinski definition) is 4. The van der Waals surface area contributed by atoms with E-state index in [0.717, 1.165) is 0 Å². The van der Waals surface area contributed by atoms with Crippen LogP contribution in [0.15, 0.2) is 42.5 Å². The molecule has 1 aliphatic rings. The van der Waals surface area contributed by atoms with E-state index >= 15 is 0 Å². The molecule has 0 aliphatic carbocycles. The van der Waals surface area contributed by atoms with E-state index in [0.29, 0.717) is 54.3 Å². The molecule has 2 aromatic carbocycles. The minimum absolute atomic E-state index is 0.0469. The van der Waals surface area contributed by atoms with Gasteiger partial charge in [-0.15, -0.1) is 0 Å². The Bertz CT molecular complexity index is 829. The Morgan fingerprint density at radius 1 is 1.18 bits per heavy atom. The van der Waals surface area contributed by atoms with Crippen molar-refractivity contribution < 1.29 is 18.7 Å². The molecule has 0 bridgehead atoms. The third-order valence-electron chi connectivity index (χ3n) is 4.98. The van der Waals surface area contributed by atoms with E-state index in [1.807, 2.05) is 0 Å². The van der Waals surface area contributed by atoms with Gasteiger partial charge in [0.25, 0.3) is 0 Å². The van der Waals surface area contributed by atoms with Gasteiger partial charge < -0.3 is 10.1 Å². The number of anilines is 1. The summed E-state index contributed by atoms with van der Waals surface area (Å²) in [6.45, 7) is 1.84. The van der Waals surface area contributed by atoms with Gasteiger partial charge in [-0.25, -0.2) is 9.18 Å². The van der Waals surface area contributed by atoms with Crippen molar-refractivity contribution >= 4 is 29.2 Å². The maximum Gasteiger partial charge on any atom is 0.337 e. The number of amides is 1.